The highest BCUT2D eigenvalue weighted by Gasteiger charge is 2.23. The number of carbonyl (C=O) groups excluding carboxylic acids is 1. The van der Waals surface area contributed by atoms with E-state index < -0.39 is 0 Å². The van der Waals surface area contributed by atoms with Crippen molar-refractivity contribution < 1.29 is 9.53 Å². The third kappa shape index (κ3) is 3.48. The van der Waals surface area contributed by atoms with Crippen molar-refractivity contribution in [3.63, 3.8) is 0 Å². The van der Waals surface area contributed by atoms with Crippen molar-refractivity contribution in [1.29, 1.82) is 0 Å². The highest BCUT2D eigenvalue weighted by molar-refractivity contribution is 5.78. The number of nitrogens with one attached hydrogen (secondary N) is 1. The van der Waals surface area contributed by atoms with Gasteiger partial charge in [0.15, 0.2) is 6.61 Å². The third-order valence-electron chi connectivity index (χ3n) is 2.84. The first kappa shape index (κ1) is 12.0. The van der Waals surface area contributed by atoms with E-state index in [0.29, 0.717) is 12.0 Å². The van der Waals surface area contributed by atoms with Gasteiger partial charge in [-0.2, -0.15) is 0 Å². The molecule has 3 heteroatoms. The lowest BCUT2D eigenvalue weighted by atomic mass is 10.0. The van der Waals surface area contributed by atoms with E-state index >= 15 is 0 Å². The Morgan fingerprint density at radius 1 is 1.41 bits per heavy atom. The first-order valence-electron chi connectivity index (χ1n) is 6.18. The molecule has 1 N–H and O–H groups in total. The molecule has 1 amide bonds. The Labute approximate surface area is 102 Å². The van der Waals surface area contributed by atoms with Gasteiger partial charge in [0.25, 0.3) is 5.91 Å². The summed E-state index contributed by atoms with van der Waals surface area (Å²) in [4.78, 5) is 11.5. The topological polar surface area (TPSA) is 38.3 Å². The lowest BCUT2D eigenvalue weighted by Crippen LogP contribution is -2.30. The van der Waals surface area contributed by atoms with Gasteiger partial charge in [-0.1, -0.05) is 32.0 Å². The molecule has 0 atom stereocenters. The number of hydrogen-bond donors (Lipinski definition) is 1. The molecule has 2 rings (SSSR count). The molecule has 1 aliphatic rings. The van der Waals surface area contributed by atoms with Gasteiger partial charge in [0, 0.05) is 6.04 Å². The van der Waals surface area contributed by atoms with Crippen molar-refractivity contribution in [2.24, 2.45) is 0 Å². The van der Waals surface area contributed by atoms with E-state index in [1.54, 1.807) is 0 Å². The molecular formula is C14H19NO2. The summed E-state index contributed by atoms with van der Waals surface area (Å²) in [6, 6.07) is 8.27. The summed E-state index contributed by atoms with van der Waals surface area (Å²) in [7, 11) is 0. The van der Waals surface area contributed by atoms with Crippen LogP contribution in [0.25, 0.3) is 0 Å². The minimum Gasteiger partial charge on any atom is -0.483 e. The molecule has 1 aromatic carbocycles. The summed E-state index contributed by atoms with van der Waals surface area (Å²) in [5.41, 5.74) is 1.15. The van der Waals surface area contributed by atoms with Crippen LogP contribution in [0, 0.1) is 0 Å². The zero-order chi connectivity index (χ0) is 12.3. The molecular weight excluding hydrogens is 214 g/mol. The molecule has 1 aromatic rings. The van der Waals surface area contributed by atoms with Crippen LogP contribution in [0.4, 0.5) is 0 Å². The Hall–Kier alpha value is -1.51. The van der Waals surface area contributed by atoms with Gasteiger partial charge in [0.2, 0.25) is 0 Å². The predicted octanol–water partition coefficient (Wildman–Crippen LogP) is 2.47. The van der Waals surface area contributed by atoms with Crippen molar-refractivity contribution in [3.8, 4) is 5.75 Å². The molecule has 1 saturated carbocycles. The quantitative estimate of drug-likeness (QED) is 0.848. The molecule has 1 aliphatic carbocycles. The van der Waals surface area contributed by atoms with E-state index in [9.17, 15) is 4.79 Å². The summed E-state index contributed by atoms with van der Waals surface area (Å²) in [6.45, 7) is 4.35. The maximum atomic E-state index is 11.5. The average Bonchev–Trinajstić information content (AvgIpc) is 3.10. The fourth-order valence-electron chi connectivity index (χ4n) is 1.73. The monoisotopic (exact) mass is 233 g/mol. The lowest BCUT2D eigenvalue weighted by Gasteiger charge is -2.13. The summed E-state index contributed by atoms with van der Waals surface area (Å²) < 4.78 is 5.58. The summed E-state index contributed by atoms with van der Waals surface area (Å²) in [5, 5.41) is 2.91. The minimum absolute atomic E-state index is 0.0222. The van der Waals surface area contributed by atoms with Gasteiger partial charge < -0.3 is 10.1 Å². The fraction of sp³-hybridized carbons (Fsp3) is 0.500. The largest absolute Gasteiger partial charge is 0.483 e. The molecule has 0 bridgehead atoms. The van der Waals surface area contributed by atoms with Crippen molar-refractivity contribution in [1.82, 2.24) is 5.32 Å². The zero-order valence-corrected chi connectivity index (χ0v) is 10.4. The molecule has 0 aromatic heterocycles. The smallest absolute Gasteiger partial charge is 0.258 e. The standard InChI is InChI=1S/C14H19NO2/c1-10(2)12-5-3-4-6-13(12)17-9-14(16)15-11-7-8-11/h3-6,10-11H,7-9H2,1-2H3,(H,15,16). The molecule has 3 nitrogen and oxygen atoms in total. The van der Waals surface area contributed by atoms with Crippen LogP contribution in [0.2, 0.25) is 0 Å². The molecule has 0 spiro atoms. The zero-order valence-electron chi connectivity index (χ0n) is 10.4. The molecule has 0 radical (unpaired) electrons. The third-order valence-corrected chi connectivity index (χ3v) is 2.84. The van der Waals surface area contributed by atoms with Gasteiger partial charge >= 0.3 is 0 Å². The molecule has 92 valence electrons. The van der Waals surface area contributed by atoms with Gasteiger partial charge in [0.1, 0.15) is 5.75 Å². The molecule has 0 saturated heterocycles. The van der Waals surface area contributed by atoms with Crippen LogP contribution in [0.5, 0.6) is 5.75 Å². The van der Waals surface area contributed by atoms with Crippen LogP contribution >= 0.6 is 0 Å². The lowest BCUT2D eigenvalue weighted by molar-refractivity contribution is -0.123. The Kier molecular flexibility index (Phi) is 3.67. The van der Waals surface area contributed by atoms with Crippen LogP contribution in [0.15, 0.2) is 24.3 Å². The van der Waals surface area contributed by atoms with Crippen molar-refractivity contribution in [2.75, 3.05) is 6.61 Å². The number of hydrogen-bond acceptors (Lipinski definition) is 2. The maximum Gasteiger partial charge on any atom is 0.258 e. The Morgan fingerprint density at radius 2 is 2.12 bits per heavy atom. The Balaban J connectivity index is 1.90. The van der Waals surface area contributed by atoms with Gasteiger partial charge in [-0.05, 0) is 30.4 Å². The van der Waals surface area contributed by atoms with Crippen molar-refractivity contribution >= 4 is 5.91 Å². The maximum absolute atomic E-state index is 11.5. The van der Waals surface area contributed by atoms with E-state index in [1.807, 2.05) is 24.3 Å². The van der Waals surface area contributed by atoms with Crippen molar-refractivity contribution in [2.45, 2.75) is 38.6 Å². The van der Waals surface area contributed by atoms with Gasteiger partial charge in [-0.15, -0.1) is 0 Å². The summed E-state index contributed by atoms with van der Waals surface area (Å²) in [5.74, 6) is 1.19. The minimum atomic E-state index is -0.0222. The van der Waals surface area contributed by atoms with Gasteiger partial charge in [0.05, 0.1) is 0 Å². The van der Waals surface area contributed by atoms with E-state index in [-0.39, 0.29) is 12.5 Å². The molecule has 17 heavy (non-hydrogen) atoms. The summed E-state index contributed by atoms with van der Waals surface area (Å²) in [6.07, 6.45) is 2.21. The van der Waals surface area contributed by atoms with Crippen LogP contribution < -0.4 is 10.1 Å². The number of ether oxygens (including phenoxy) is 1. The predicted molar refractivity (Wildman–Crippen MR) is 67.2 cm³/mol. The van der Waals surface area contributed by atoms with Crippen LogP contribution in [0.3, 0.4) is 0 Å². The number of benzene rings is 1. The van der Waals surface area contributed by atoms with E-state index in [2.05, 4.69) is 19.2 Å². The number of amides is 1. The number of para-hydroxylation sites is 1. The first-order valence-corrected chi connectivity index (χ1v) is 6.18. The van der Waals surface area contributed by atoms with Crippen LogP contribution in [-0.4, -0.2) is 18.6 Å². The Morgan fingerprint density at radius 3 is 2.76 bits per heavy atom. The first-order chi connectivity index (χ1) is 8.16. The van der Waals surface area contributed by atoms with E-state index in [4.69, 9.17) is 4.74 Å². The molecule has 0 aliphatic heterocycles. The van der Waals surface area contributed by atoms with Gasteiger partial charge in [-0.3, -0.25) is 4.79 Å². The molecule has 0 heterocycles. The summed E-state index contributed by atoms with van der Waals surface area (Å²) >= 11 is 0. The number of carbonyl (C=O) groups is 1. The Bertz CT molecular complexity index is 397. The van der Waals surface area contributed by atoms with E-state index in [1.165, 1.54) is 0 Å². The van der Waals surface area contributed by atoms with Crippen molar-refractivity contribution in [3.05, 3.63) is 29.8 Å². The van der Waals surface area contributed by atoms with Crippen LogP contribution in [0.1, 0.15) is 38.2 Å². The average molecular weight is 233 g/mol. The van der Waals surface area contributed by atoms with E-state index in [0.717, 1.165) is 24.2 Å². The second-order valence-electron chi connectivity index (χ2n) is 4.82. The second-order valence-corrected chi connectivity index (χ2v) is 4.82. The number of rotatable bonds is 5. The molecule has 1 fully saturated rings. The SMILES string of the molecule is CC(C)c1ccccc1OCC(=O)NC1CC1. The second kappa shape index (κ2) is 5.21. The van der Waals surface area contributed by atoms with Gasteiger partial charge in [-0.25, -0.2) is 0 Å². The fourth-order valence-corrected chi connectivity index (χ4v) is 1.73. The molecule has 0 unspecified atom stereocenters. The normalized spacial score (nSPS) is 14.8. The van der Waals surface area contributed by atoms with Crippen LogP contribution in [-0.2, 0) is 4.79 Å². The highest BCUT2D eigenvalue weighted by Crippen LogP contribution is 2.25. The highest BCUT2D eigenvalue weighted by atomic mass is 16.5.